The van der Waals surface area contributed by atoms with Gasteiger partial charge in [0.05, 0.1) is 4.88 Å². The SMILES string of the molecule is CC(=O)N(C)Cc1ccccc1NC(=O)c1ccc(-c2ccc(Cl)cc2)s1. The molecule has 3 aromatic rings. The van der Waals surface area contributed by atoms with Crippen LogP contribution in [-0.2, 0) is 11.3 Å². The summed E-state index contributed by atoms with van der Waals surface area (Å²) in [6.07, 6.45) is 0. The predicted molar refractivity (Wildman–Crippen MR) is 111 cm³/mol. The third-order valence-electron chi connectivity index (χ3n) is 4.17. The second-order valence-electron chi connectivity index (χ2n) is 6.16. The Morgan fingerprint density at radius 3 is 2.44 bits per heavy atom. The van der Waals surface area contributed by atoms with Crippen molar-refractivity contribution in [2.24, 2.45) is 0 Å². The average molecular weight is 399 g/mol. The molecule has 1 N–H and O–H groups in total. The molecule has 0 spiro atoms. The highest BCUT2D eigenvalue weighted by atomic mass is 35.5. The lowest BCUT2D eigenvalue weighted by Crippen LogP contribution is -2.24. The Bertz CT molecular complexity index is 966. The zero-order chi connectivity index (χ0) is 19.4. The molecule has 0 saturated heterocycles. The molecule has 0 unspecified atom stereocenters. The highest BCUT2D eigenvalue weighted by molar-refractivity contribution is 7.17. The van der Waals surface area contributed by atoms with E-state index in [1.54, 1.807) is 11.9 Å². The van der Waals surface area contributed by atoms with Gasteiger partial charge in [-0.25, -0.2) is 0 Å². The Labute approximate surface area is 167 Å². The van der Waals surface area contributed by atoms with Crippen LogP contribution in [0.3, 0.4) is 0 Å². The highest BCUT2D eigenvalue weighted by Crippen LogP contribution is 2.30. The standard InChI is InChI=1S/C21H19ClN2O2S/c1-14(25)24(2)13-16-5-3-4-6-18(16)23-21(26)20-12-11-19(27-20)15-7-9-17(22)10-8-15/h3-12H,13H2,1-2H3,(H,23,26). The van der Waals surface area contributed by atoms with E-state index in [4.69, 9.17) is 11.6 Å². The van der Waals surface area contributed by atoms with Gasteiger partial charge < -0.3 is 10.2 Å². The summed E-state index contributed by atoms with van der Waals surface area (Å²) in [5.74, 6) is -0.194. The predicted octanol–water partition coefficient (Wildman–Crippen LogP) is 5.30. The summed E-state index contributed by atoms with van der Waals surface area (Å²) in [7, 11) is 1.73. The maximum atomic E-state index is 12.7. The lowest BCUT2D eigenvalue weighted by Gasteiger charge is -2.17. The number of rotatable bonds is 5. The summed E-state index contributed by atoms with van der Waals surface area (Å²) >= 11 is 7.35. The number of nitrogens with one attached hydrogen (secondary N) is 1. The monoisotopic (exact) mass is 398 g/mol. The topological polar surface area (TPSA) is 49.4 Å². The van der Waals surface area contributed by atoms with Crippen molar-refractivity contribution in [3.8, 4) is 10.4 Å². The van der Waals surface area contributed by atoms with Gasteiger partial charge in [0.15, 0.2) is 0 Å². The van der Waals surface area contributed by atoms with Crippen molar-refractivity contribution in [2.75, 3.05) is 12.4 Å². The molecule has 6 heteroatoms. The molecule has 2 aromatic carbocycles. The molecule has 3 rings (SSSR count). The van der Waals surface area contributed by atoms with Gasteiger partial charge in [-0.05, 0) is 41.5 Å². The number of carbonyl (C=O) groups excluding carboxylic acids is 2. The number of benzene rings is 2. The largest absolute Gasteiger partial charge is 0.342 e. The van der Waals surface area contributed by atoms with E-state index >= 15 is 0 Å². The van der Waals surface area contributed by atoms with Gasteiger partial charge in [0.1, 0.15) is 0 Å². The zero-order valence-corrected chi connectivity index (χ0v) is 16.6. The van der Waals surface area contributed by atoms with Crippen LogP contribution in [0.2, 0.25) is 5.02 Å². The number of halogens is 1. The Morgan fingerprint density at radius 1 is 1.04 bits per heavy atom. The van der Waals surface area contributed by atoms with Gasteiger partial charge in [-0.3, -0.25) is 9.59 Å². The molecule has 0 aliphatic carbocycles. The van der Waals surface area contributed by atoms with Crippen molar-refractivity contribution in [3.05, 3.63) is 76.1 Å². The number of nitrogens with zero attached hydrogens (tertiary/aromatic N) is 1. The van der Waals surface area contributed by atoms with Crippen molar-refractivity contribution >= 4 is 40.4 Å². The van der Waals surface area contributed by atoms with E-state index < -0.39 is 0 Å². The van der Waals surface area contributed by atoms with E-state index in [1.807, 2.05) is 60.7 Å². The minimum absolute atomic E-state index is 0.0259. The highest BCUT2D eigenvalue weighted by Gasteiger charge is 2.14. The van der Waals surface area contributed by atoms with E-state index in [2.05, 4.69) is 5.32 Å². The van der Waals surface area contributed by atoms with Crippen LogP contribution in [0.4, 0.5) is 5.69 Å². The second-order valence-corrected chi connectivity index (χ2v) is 7.68. The van der Waals surface area contributed by atoms with Crippen LogP contribution >= 0.6 is 22.9 Å². The van der Waals surface area contributed by atoms with Gasteiger partial charge in [0.2, 0.25) is 5.91 Å². The van der Waals surface area contributed by atoms with Gasteiger partial charge in [-0.15, -0.1) is 11.3 Å². The first-order valence-electron chi connectivity index (χ1n) is 8.41. The molecule has 0 saturated carbocycles. The Kier molecular flexibility index (Phi) is 5.94. The van der Waals surface area contributed by atoms with E-state index in [-0.39, 0.29) is 11.8 Å². The van der Waals surface area contributed by atoms with E-state index in [9.17, 15) is 9.59 Å². The summed E-state index contributed by atoms with van der Waals surface area (Å²) in [5, 5.41) is 3.64. The number of hydrogen-bond acceptors (Lipinski definition) is 3. The Balaban J connectivity index is 1.76. The maximum Gasteiger partial charge on any atom is 0.265 e. The molecule has 0 aliphatic rings. The summed E-state index contributed by atoms with van der Waals surface area (Å²) in [6.45, 7) is 1.96. The molecule has 1 aromatic heterocycles. The zero-order valence-electron chi connectivity index (χ0n) is 15.0. The number of amides is 2. The lowest BCUT2D eigenvalue weighted by atomic mass is 10.1. The molecule has 0 bridgehead atoms. The number of para-hydroxylation sites is 1. The van der Waals surface area contributed by atoms with Gasteiger partial charge in [0, 0.05) is 36.1 Å². The molecule has 2 amide bonds. The average Bonchev–Trinajstić information content (AvgIpc) is 3.14. The molecule has 0 atom stereocenters. The molecular formula is C21H19ClN2O2S. The molecule has 0 aliphatic heterocycles. The van der Waals surface area contributed by atoms with Crippen LogP contribution in [0.15, 0.2) is 60.7 Å². The third kappa shape index (κ3) is 4.76. The molecule has 1 heterocycles. The molecular weight excluding hydrogens is 380 g/mol. The minimum Gasteiger partial charge on any atom is -0.342 e. The van der Waals surface area contributed by atoms with Crippen molar-refractivity contribution < 1.29 is 9.59 Å². The van der Waals surface area contributed by atoms with Crippen LogP contribution in [0, 0.1) is 0 Å². The molecule has 27 heavy (non-hydrogen) atoms. The fourth-order valence-electron chi connectivity index (χ4n) is 2.56. The van der Waals surface area contributed by atoms with Gasteiger partial charge in [0.25, 0.3) is 5.91 Å². The van der Waals surface area contributed by atoms with Crippen molar-refractivity contribution in [2.45, 2.75) is 13.5 Å². The van der Waals surface area contributed by atoms with Crippen molar-refractivity contribution in [1.82, 2.24) is 4.90 Å². The molecule has 0 fully saturated rings. The van der Waals surface area contributed by atoms with Crippen LogP contribution < -0.4 is 5.32 Å². The minimum atomic E-state index is -0.168. The first-order valence-corrected chi connectivity index (χ1v) is 9.60. The van der Waals surface area contributed by atoms with Crippen LogP contribution in [0.25, 0.3) is 10.4 Å². The summed E-state index contributed by atoms with van der Waals surface area (Å²) in [5.41, 5.74) is 2.61. The third-order valence-corrected chi connectivity index (χ3v) is 5.55. The Hall–Kier alpha value is -2.63. The normalized spacial score (nSPS) is 10.5. The van der Waals surface area contributed by atoms with E-state index in [1.165, 1.54) is 18.3 Å². The quantitative estimate of drug-likeness (QED) is 0.634. The van der Waals surface area contributed by atoms with E-state index in [0.717, 1.165) is 16.0 Å². The first-order chi connectivity index (χ1) is 12.9. The lowest BCUT2D eigenvalue weighted by molar-refractivity contribution is -0.128. The van der Waals surface area contributed by atoms with Crippen molar-refractivity contribution in [3.63, 3.8) is 0 Å². The van der Waals surface area contributed by atoms with Crippen LogP contribution in [0.1, 0.15) is 22.2 Å². The van der Waals surface area contributed by atoms with E-state index in [0.29, 0.717) is 22.1 Å². The Morgan fingerprint density at radius 2 is 1.74 bits per heavy atom. The van der Waals surface area contributed by atoms with Crippen LogP contribution in [0.5, 0.6) is 0 Å². The number of thiophene rings is 1. The van der Waals surface area contributed by atoms with Gasteiger partial charge in [-0.2, -0.15) is 0 Å². The molecule has 4 nitrogen and oxygen atoms in total. The second kappa shape index (κ2) is 8.37. The number of carbonyl (C=O) groups is 2. The fourth-order valence-corrected chi connectivity index (χ4v) is 3.59. The van der Waals surface area contributed by atoms with Gasteiger partial charge in [-0.1, -0.05) is 41.9 Å². The fraction of sp³-hybridized carbons (Fsp3) is 0.143. The number of anilines is 1. The summed E-state index contributed by atoms with van der Waals surface area (Å²) in [4.78, 5) is 27.4. The maximum absolute atomic E-state index is 12.7. The first kappa shape index (κ1) is 19.1. The van der Waals surface area contributed by atoms with Crippen LogP contribution in [-0.4, -0.2) is 23.8 Å². The summed E-state index contributed by atoms with van der Waals surface area (Å²) in [6, 6.07) is 18.8. The van der Waals surface area contributed by atoms with Gasteiger partial charge >= 0.3 is 0 Å². The van der Waals surface area contributed by atoms with Crippen molar-refractivity contribution in [1.29, 1.82) is 0 Å². The number of hydrogen-bond donors (Lipinski definition) is 1. The molecule has 138 valence electrons. The molecule has 0 radical (unpaired) electrons. The smallest absolute Gasteiger partial charge is 0.265 e. The summed E-state index contributed by atoms with van der Waals surface area (Å²) < 4.78 is 0.